The summed E-state index contributed by atoms with van der Waals surface area (Å²) in [4.78, 5) is 38.0. The Labute approximate surface area is 142 Å². The lowest BCUT2D eigenvalue weighted by Gasteiger charge is -2.25. The predicted octanol–water partition coefficient (Wildman–Crippen LogP) is 0.926. The van der Waals surface area contributed by atoms with E-state index in [1.54, 1.807) is 13.8 Å². The minimum Gasteiger partial charge on any atom is -0.545 e. The first-order chi connectivity index (χ1) is 11.2. The van der Waals surface area contributed by atoms with E-state index in [1.165, 1.54) is 18.2 Å². The third kappa shape index (κ3) is 1.72. The van der Waals surface area contributed by atoms with Gasteiger partial charge in [0.2, 0.25) is 11.8 Å². The van der Waals surface area contributed by atoms with Crippen LogP contribution in [0.25, 0.3) is 0 Å². The Morgan fingerprint density at radius 2 is 1.71 bits per heavy atom. The number of amides is 2. The number of anilines is 1. The maximum atomic E-state index is 12.9. The van der Waals surface area contributed by atoms with E-state index in [1.807, 2.05) is 12.2 Å². The molecule has 4 rings (SSSR count). The molecule has 2 fully saturated rings. The van der Waals surface area contributed by atoms with Gasteiger partial charge in [-0.05, 0) is 32.0 Å². The Morgan fingerprint density at radius 3 is 2.21 bits per heavy atom. The van der Waals surface area contributed by atoms with Crippen molar-refractivity contribution in [3.05, 3.63) is 40.9 Å². The van der Waals surface area contributed by atoms with Gasteiger partial charge in [-0.15, -0.1) is 0 Å². The van der Waals surface area contributed by atoms with Crippen molar-refractivity contribution in [3.63, 3.8) is 0 Å². The van der Waals surface area contributed by atoms with Crippen LogP contribution < -0.4 is 10.0 Å². The number of ether oxygens (including phenoxy) is 1. The van der Waals surface area contributed by atoms with Crippen molar-refractivity contribution >= 4 is 35.1 Å². The van der Waals surface area contributed by atoms with Crippen LogP contribution in [-0.2, 0) is 14.3 Å². The number of hydrogen-bond acceptors (Lipinski definition) is 5. The summed E-state index contributed by atoms with van der Waals surface area (Å²) < 4.78 is 5.92. The molecule has 4 atom stereocenters. The van der Waals surface area contributed by atoms with Crippen molar-refractivity contribution < 1.29 is 24.2 Å². The normalized spacial score (nSPS) is 36.5. The van der Waals surface area contributed by atoms with Crippen LogP contribution in [0.2, 0.25) is 5.02 Å². The molecule has 0 aromatic heterocycles. The first kappa shape index (κ1) is 15.4. The molecule has 2 amide bonds. The summed E-state index contributed by atoms with van der Waals surface area (Å²) in [5, 5.41) is 11.1. The number of carboxylic acid groups (broad SMARTS) is 1. The molecule has 7 heteroatoms. The largest absolute Gasteiger partial charge is 0.545 e. The van der Waals surface area contributed by atoms with Crippen molar-refractivity contribution in [2.45, 2.75) is 25.0 Å². The summed E-state index contributed by atoms with van der Waals surface area (Å²) in [5.41, 5.74) is -1.74. The van der Waals surface area contributed by atoms with E-state index in [0.717, 1.165) is 4.90 Å². The highest BCUT2D eigenvalue weighted by Crippen LogP contribution is 2.57. The van der Waals surface area contributed by atoms with Crippen LogP contribution >= 0.6 is 11.6 Å². The third-order valence-electron chi connectivity index (χ3n) is 5.15. The number of hydrogen-bond donors (Lipinski definition) is 0. The molecule has 0 radical (unpaired) electrons. The van der Waals surface area contributed by atoms with E-state index < -0.39 is 40.8 Å². The lowest BCUT2D eigenvalue weighted by atomic mass is 9.73. The monoisotopic (exact) mass is 346 g/mol. The Kier molecular flexibility index (Phi) is 2.85. The molecule has 0 unspecified atom stereocenters. The van der Waals surface area contributed by atoms with Gasteiger partial charge in [0.05, 0.1) is 34.7 Å². The number of carboxylic acids is 1. The lowest BCUT2D eigenvalue weighted by molar-refractivity contribution is -0.255. The van der Waals surface area contributed by atoms with Gasteiger partial charge in [-0.1, -0.05) is 23.8 Å². The Morgan fingerprint density at radius 1 is 1.17 bits per heavy atom. The smallest absolute Gasteiger partial charge is 0.241 e. The Hall–Kier alpha value is -2.18. The average molecular weight is 347 g/mol. The van der Waals surface area contributed by atoms with Gasteiger partial charge < -0.3 is 14.6 Å². The topological polar surface area (TPSA) is 86.7 Å². The predicted molar refractivity (Wildman–Crippen MR) is 82.3 cm³/mol. The van der Waals surface area contributed by atoms with E-state index >= 15 is 0 Å². The number of nitrogens with zero attached hydrogens (tertiary/aromatic N) is 1. The van der Waals surface area contributed by atoms with Crippen molar-refractivity contribution in [2.24, 2.45) is 11.8 Å². The highest BCUT2D eigenvalue weighted by atomic mass is 35.5. The van der Waals surface area contributed by atoms with Gasteiger partial charge in [-0.25, -0.2) is 4.90 Å². The molecule has 2 saturated heterocycles. The summed E-state index contributed by atoms with van der Waals surface area (Å²) in [6.07, 6.45) is 3.63. The van der Waals surface area contributed by atoms with Crippen LogP contribution in [-0.4, -0.2) is 29.0 Å². The molecule has 3 aliphatic heterocycles. The second kappa shape index (κ2) is 4.46. The van der Waals surface area contributed by atoms with Crippen LogP contribution in [0.3, 0.4) is 0 Å². The van der Waals surface area contributed by atoms with Gasteiger partial charge in [-0.2, -0.15) is 0 Å². The summed E-state index contributed by atoms with van der Waals surface area (Å²) in [7, 11) is 0. The summed E-state index contributed by atoms with van der Waals surface area (Å²) in [6, 6.07) is 3.98. The first-order valence-electron chi connectivity index (χ1n) is 7.47. The molecule has 0 spiro atoms. The summed E-state index contributed by atoms with van der Waals surface area (Å²) in [5.74, 6) is -3.51. The second-order valence-corrected chi connectivity index (χ2v) is 7.13. The number of aromatic carboxylic acids is 1. The fourth-order valence-corrected chi connectivity index (χ4v) is 4.29. The van der Waals surface area contributed by atoms with Crippen molar-refractivity contribution in [1.29, 1.82) is 0 Å². The number of fused-ring (bicyclic) bond motifs is 5. The van der Waals surface area contributed by atoms with Gasteiger partial charge in [0.25, 0.3) is 0 Å². The van der Waals surface area contributed by atoms with Crippen LogP contribution in [0.4, 0.5) is 5.69 Å². The van der Waals surface area contributed by atoms with Crippen molar-refractivity contribution in [2.75, 3.05) is 4.90 Å². The summed E-state index contributed by atoms with van der Waals surface area (Å²) >= 11 is 5.83. The van der Waals surface area contributed by atoms with E-state index in [4.69, 9.17) is 16.3 Å². The highest BCUT2D eigenvalue weighted by Gasteiger charge is 2.70. The van der Waals surface area contributed by atoms with E-state index in [9.17, 15) is 19.5 Å². The summed E-state index contributed by atoms with van der Waals surface area (Å²) in [6.45, 7) is 3.56. The van der Waals surface area contributed by atoms with Crippen LogP contribution in [0, 0.1) is 11.8 Å². The molecule has 124 valence electrons. The molecular formula is C17H13ClNO5-. The molecular weight excluding hydrogens is 334 g/mol. The molecule has 0 N–H and O–H groups in total. The Balaban J connectivity index is 1.80. The number of rotatable bonds is 2. The maximum Gasteiger partial charge on any atom is 0.241 e. The quantitative estimate of drug-likeness (QED) is 0.587. The van der Waals surface area contributed by atoms with Crippen LogP contribution in [0.5, 0.6) is 0 Å². The van der Waals surface area contributed by atoms with Crippen molar-refractivity contribution in [1.82, 2.24) is 0 Å². The molecule has 0 aliphatic carbocycles. The number of carbonyl (C=O) groups is 3. The Bertz CT molecular complexity index is 813. The van der Waals surface area contributed by atoms with E-state index in [-0.39, 0.29) is 16.3 Å². The maximum absolute atomic E-state index is 12.9. The van der Waals surface area contributed by atoms with Crippen LogP contribution in [0.15, 0.2) is 30.4 Å². The number of imide groups is 1. The zero-order valence-corrected chi connectivity index (χ0v) is 13.7. The van der Waals surface area contributed by atoms with E-state index in [2.05, 4.69) is 0 Å². The number of halogens is 1. The number of carbonyl (C=O) groups excluding carboxylic acids is 3. The molecule has 2 bridgehead atoms. The number of benzene rings is 1. The first-order valence-corrected chi connectivity index (χ1v) is 7.85. The zero-order valence-electron chi connectivity index (χ0n) is 12.9. The average Bonchev–Trinajstić information content (AvgIpc) is 3.04. The van der Waals surface area contributed by atoms with Gasteiger partial charge in [-0.3, -0.25) is 9.59 Å². The standard InChI is InChI=1S/C17H14ClNO5/c1-16-5-6-17(2,24-16)12-11(16)13(20)19(14(12)21)8-3-4-10(18)9(7-8)15(22)23/h3-7,11-12H,1-2H3,(H,22,23)/p-1/t11-,12-,16-,17+/m1/s1. The minimum atomic E-state index is -1.47. The molecule has 3 heterocycles. The van der Waals surface area contributed by atoms with Gasteiger partial charge in [0, 0.05) is 10.6 Å². The second-order valence-electron chi connectivity index (χ2n) is 6.72. The zero-order chi connectivity index (χ0) is 17.4. The van der Waals surface area contributed by atoms with Crippen LogP contribution in [0.1, 0.15) is 24.2 Å². The fraction of sp³-hybridized carbons (Fsp3) is 0.353. The lowest BCUT2D eigenvalue weighted by Crippen LogP contribution is -2.39. The molecule has 3 aliphatic rings. The van der Waals surface area contributed by atoms with Gasteiger partial charge in [0.15, 0.2) is 0 Å². The van der Waals surface area contributed by atoms with Gasteiger partial charge in [0.1, 0.15) is 0 Å². The third-order valence-corrected chi connectivity index (χ3v) is 5.48. The minimum absolute atomic E-state index is 0.0120. The molecule has 24 heavy (non-hydrogen) atoms. The van der Waals surface area contributed by atoms with E-state index in [0.29, 0.717) is 0 Å². The van der Waals surface area contributed by atoms with Gasteiger partial charge >= 0.3 is 0 Å². The fourth-order valence-electron chi connectivity index (χ4n) is 4.09. The molecule has 6 nitrogen and oxygen atoms in total. The molecule has 1 aromatic carbocycles. The highest BCUT2D eigenvalue weighted by molar-refractivity contribution is 6.33. The SMILES string of the molecule is C[C@]12C=C[C@](C)(O1)[C@H]1C(=O)N(c3ccc(Cl)c(C(=O)[O-])c3)C(=O)[C@@H]12. The van der Waals surface area contributed by atoms with Crippen molar-refractivity contribution in [3.8, 4) is 0 Å². The molecule has 0 saturated carbocycles. The molecule has 1 aromatic rings.